The van der Waals surface area contributed by atoms with E-state index in [1.54, 1.807) is 6.33 Å². The highest BCUT2D eigenvalue weighted by Gasteiger charge is 2.29. The van der Waals surface area contributed by atoms with Gasteiger partial charge in [0.1, 0.15) is 17.4 Å². The molecule has 0 bridgehead atoms. The Bertz CT molecular complexity index is 889. The zero-order chi connectivity index (χ0) is 16.5. The first-order chi connectivity index (χ1) is 11.8. The molecule has 1 aliphatic heterocycles. The molecule has 4 rings (SSSR count). The van der Waals surface area contributed by atoms with Crippen LogP contribution in [0.5, 0.6) is 0 Å². The van der Waals surface area contributed by atoms with E-state index in [4.69, 9.17) is 9.15 Å². The molecule has 0 radical (unpaired) electrons. The van der Waals surface area contributed by atoms with Crippen LogP contribution in [0.25, 0.3) is 22.1 Å². The van der Waals surface area contributed by atoms with Gasteiger partial charge < -0.3 is 14.1 Å². The van der Waals surface area contributed by atoms with E-state index in [1.165, 1.54) is 0 Å². The van der Waals surface area contributed by atoms with Crippen LogP contribution in [0.4, 0.5) is 5.82 Å². The van der Waals surface area contributed by atoms with E-state index in [9.17, 15) is 4.79 Å². The number of ether oxygens (including phenoxy) is 1. The summed E-state index contributed by atoms with van der Waals surface area (Å²) in [6.45, 7) is 3.69. The number of fused-ring (bicyclic) bond motifs is 3. The van der Waals surface area contributed by atoms with Crippen LogP contribution < -0.4 is 4.90 Å². The molecule has 124 valence electrons. The van der Waals surface area contributed by atoms with Gasteiger partial charge in [-0.1, -0.05) is 12.1 Å². The second kappa shape index (κ2) is 6.11. The number of piperidine rings is 1. The van der Waals surface area contributed by atoms with Gasteiger partial charge in [0.15, 0.2) is 11.4 Å². The van der Waals surface area contributed by atoms with E-state index in [0.29, 0.717) is 18.7 Å². The number of anilines is 1. The number of hydrogen-bond acceptors (Lipinski definition) is 6. The Morgan fingerprint density at radius 2 is 2.25 bits per heavy atom. The lowest BCUT2D eigenvalue weighted by atomic mass is 9.98. The quantitative estimate of drug-likeness (QED) is 0.689. The third kappa shape index (κ3) is 2.48. The number of benzene rings is 1. The molecular weight excluding hydrogens is 306 g/mol. The number of carbonyl (C=O) groups excluding carboxylic acids is 1. The molecule has 0 spiro atoms. The van der Waals surface area contributed by atoms with Gasteiger partial charge in [-0.05, 0) is 31.9 Å². The third-order valence-electron chi connectivity index (χ3n) is 4.48. The zero-order valence-electron chi connectivity index (χ0n) is 13.6. The van der Waals surface area contributed by atoms with Gasteiger partial charge in [0.05, 0.1) is 12.5 Å². The fraction of sp³-hybridized carbons (Fsp3) is 0.389. The van der Waals surface area contributed by atoms with Crippen LogP contribution in [0.2, 0.25) is 0 Å². The van der Waals surface area contributed by atoms with E-state index < -0.39 is 0 Å². The summed E-state index contributed by atoms with van der Waals surface area (Å²) in [5.74, 6) is 0.510. The molecule has 1 saturated heterocycles. The van der Waals surface area contributed by atoms with Crippen LogP contribution in [-0.4, -0.2) is 35.6 Å². The van der Waals surface area contributed by atoms with E-state index in [2.05, 4.69) is 14.9 Å². The molecule has 0 aliphatic carbocycles. The average molecular weight is 325 g/mol. The van der Waals surface area contributed by atoms with E-state index in [-0.39, 0.29) is 11.9 Å². The Kier molecular flexibility index (Phi) is 3.80. The minimum absolute atomic E-state index is 0.118. The van der Waals surface area contributed by atoms with Crippen molar-refractivity contribution >= 4 is 33.9 Å². The van der Waals surface area contributed by atoms with Crippen LogP contribution in [0.1, 0.15) is 19.8 Å². The predicted octanol–water partition coefficient (Wildman–Crippen LogP) is 3.16. The summed E-state index contributed by atoms with van der Waals surface area (Å²) < 4.78 is 11.2. The van der Waals surface area contributed by atoms with Gasteiger partial charge in [-0.25, -0.2) is 9.97 Å². The van der Waals surface area contributed by atoms with Crippen molar-refractivity contribution in [3.8, 4) is 0 Å². The fourth-order valence-corrected chi connectivity index (χ4v) is 3.36. The number of hydrogen-bond donors (Lipinski definition) is 0. The number of carbonyl (C=O) groups is 1. The van der Waals surface area contributed by atoms with Crippen molar-refractivity contribution in [2.45, 2.75) is 19.8 Å². The van der Waals surface area contributed by atoms with Gasteiger partial charge in [-0.3, -0.25) is 4.79 Å². The standard InChI is InChI=1S/C18H19N3O3/c1-2-23-18(22)12-6-5-9-21(10-12)17-16-15(19-11-20-17)13-7-3-4-8-14(13)24-16/h3-4,7-8,11-12H,2,5-6,9-10H2,1H3/t12-/m0/s1. The zero-order valence-corrected chi connectivity index (χ0v) is 13.6. The maximum absolute atomic E-state index is 12.1. The molecule has 0 unspecified atom stereocenters. The number of nitrogens with zero attached hydrogens (tertiary/aromatic N) is 3. The van der Waals surface area contributed by atoms with E-state index >= 15 is 0 Å². The Hall–Kier alpha value is -2.63. The first kappa shape index (κ1) is 14.9. The minimum atomic E-state index is -0.128. The molecule has 2 aromatic heterocycles. The first-order valence-corrected chi connectivity index (χ1v) is 8.31. The lowest BCUT2D eigenvalue weighted by molar-refractivity contribution is -0.148. The Labute approximate surface area is 139 Å². The number of aromatic nitrogens is 2. The summed E-state index contributed by atoms with van der Waals surface area (Å²) in [4.78, 5) is 23.0. The van der Waals surface area contributed by atoms with Crippen molar-refractivity contribution in [1.29, 1.82) is 0 Å². The molecule has 1 aliphatic rings. The van der Waals surface area contributed by atoms with Crippen molar-refractivity contribution in [3.05, 3.63) is 30.6 Å². The number of esters is 1. The molecule has 3 heterocycles. The molecule has 0 saturated carbocycles. The number of para-hydroxylation sites is 1. The Balaban J connectivity index is 1.72. The molecule has 1 atom stereocenters. The normalized spacial score (nSPS) is 18.2. The Morgan fingerprint density at radius 3 is 3.12 bits per heavy atom. The summed E-state index contributed by atoms with van der Waals surface area (Å²) in [5, 5.41) is 0.982. The van der Waals surface area contributed by atoms with Gasteiger partial charge in [0, 0.05) is 18.5 Å². The van der Waals surface area contributed by atoms with Crippen LogP contribution in [0.15, 0.2) is 35.0 Å². The van der Waals surface area contributed by atoms with Crippen LogP contribution in [0, 0.1) is 5.92 Å². The predicted molar refractivity (Wildman–Crippen MR) is 90.9 cm³/mol. The summed E-state index contributed by atoms with van der Waals surface area (Å²) in [6, 6.07) is 7.83. The molecule has 0 N–H and O–H groups in total. The average Bonchev–Trinajstić information content (AvgIpc) is 3.01. The van der Waals surface area contributed by atoms with Gasteiger partial charge in [0.2, 0.25) is 0 Å². The molecule has 6 heteroatoms. The first-order valence-electron chi connectivity index (χ1n) is 8.31. The molecule has 3 aromatic rings. The highest BCUT2D eigenvalue weighted by Crippen LogP contribution is 2.33. The lowest BCUT2D eigenvalue weighted by Crippen LogP contribution is -2.40. The maximum Gasteiger partial charge on any atom is 0.310 e. The fourth-order valence-electron chi connectivity index (χ4n) is 3.36. The molecule has 1 aromatic carbocycles. The molecule has 6 nitrogen and oxygen atoms in total. The van der Waals surface area contributed by atoms with Crippen LogP contribution in [0.3, 0.4) is 0 Å². The maximum atomic E-state index is 12.1. The molecule has 24 heavy (non-hydrogen) atoms. The van der Waals surface area contributed by atoms with Crippen LogP contribution >= 0.6 is 0 Å². The summed E-state index contributed by atoms with van der Waals surface area (Å²) in [5.41, 5.74) is 2.30. The smallest absolute Gasteiger partial charge is 0.310 e. The molecule has 0 amide bonds. The van der Waals surface area contributed by atoms with Crippen LogP contribution in [-0.2, 0) is 9.53 Å². The lowest BCUT2D eigenvalue weighted by Gasteiger charge is -2.32. The monoisotopic (exact) mass is 325 g/mol. The highest BCUT2D eigenvalue weighted by atomic mass is 16.5. The summed E-state index contributed by atoms with van der Waals surface area (Å²) in [6.07, 6.45) is 3.34. The van der Waals surface area contributed by atoms with Crippen molar-refractivity contribution in [2.75, 3.05) is 24.6 Å². The largest absolute Gasteiger partial charge is 0.466 e. The molecular formula is C18H19N3O3. The van der Waals surface area contributed by atoms with Crippen molar-refractivity contribution in [2.24, 2.45) is 5.92 Å². The topological polar surface area (TPSA) is 68.5 Å². The SMILES string of the molecule is CCOC(=O)[C@H]1CCCN(c2ncnc3c2oc2ccccc23)C1. The van der Waals surface area contributed by atoms with Crippen molar-refractivity contribution < 1.29 is 13.9 Å². The Morgan fingerprint density at radius 1 is 1.38 bits per heavy atom. The highest BCUT2D eigenvalue weighted by molar-refractivity contribution is 6.05. The van der Waals surface area contributed by atoms with E-state index in [1.807, 2.05) is 31.2 Å². The number of rotatable bonds is 3. The van der Waals surface area contributed by atoms with Crippen molar-refractivity contribution in [1.82, 2.24) is 9.97 Å². The second-order valence-electron chi connectivity index (χ2n) is 6.01. The third-order valence-corrected chi connectivity index (χ3v) is 4.48. The summed E-state index contributed by atoms with van der Waals surface area (Å²) >= 11 is 0. The molecule has 1 fully saturated rings. The van der Waals surface area contributed by atoms with Gasteiger partial charge in [0.25, 0.3) is 0 Å². The number of furan rings is 1. The second-order valence-corrected chi connectivity index (χ2v) is 6.01. The minimum Gasteiger partial charge on any atom is -0.466 e. The summed E-state index contributed by atoms with van der Waals surface area (Å²) in [7, 11) is 0. The van der Waals surface area contributed by atoms with Gasteiger partial charge in [-0.15, -0.1) is 0 Å². The van der Waals surface area contributed by atoms with Gasteiger partial charge in [-0.2, -0.15) is 0 Å². The van der Waals surface area contributed by atoms with E-state index in [0.717, 1.165) is 41.7 Å². The van der Waals surface area contributed by atoms with Gasteiger partial charge >= 0.3 is 5.97 Å². The van der Waals surface area contributed by atoms with Crippen molar-refractivity contribution in [3.63, 3.8) is 0 Å².